The topological polar surface area (TPSA) is 53.6 Å². The van der Waals surface area contributed by atoms with E-state index in [2.05, 4.69) is 29.4 Å². The monoisotopic (exact) mass is 243 g/mol. The lowest BCUT2D eigenvalue weighted by molar-refractivity contribution is -0.124. The third kappa shape index (κ3) is 5.02. The van der Waals surface area contributed by atoms with Gasteiger partial charge in [-0.3, -0.25) is 9.69 Å². The highest BCUT2D eigenvalue weighted by Gasteiger charge is 2.30. The van der Waals surface area contributed by atoms with Gasteiger partial charge in [-0.05, 0) is 20.3 Å². The van der Waals surface area contributed by atoms with Crippen molar-refractivity contribution < 1.29 is 9.53 Å². The van der Waals surface area contributed by atoms with Crippen LogP contribution < -0.4 is 10.6 Å². The van der Waals surface area contributed by atoms with Crippen molar-refractivity contribution >= 4 is 5.91 Å². The van der Waals surface area contributed by atoms with Gasteiger partial charge in [-0.15, -0.1) is 0 Å². The molecule has 0 spiro atoms. The predicted octanol–water partition coefficient (Wildman–Crippen LogP) is -0.177. The molecule has 1 rings (SSSR count). The van der Waals surface area contributed by atoms with Gasteiger partial charge in [-0.1, -0.05) is 0 Å². The van der Waals surface area contributed by atoms with Crippen molar-refractivity contribution in [3.63, 3.8) is 0 Å². The lowest BCUT2D eigenvalue weighted by Gasteiger charge is -2.42. The zero-order valence-electron chi connectivity index (χ0n) is 11.2. The van der Waals surface area contributed by atoms with Crippen molar-refractivity contribution in [1.29, 1.82) is 0 Å². The first-order chi connectivity index (χ1) is 8.06. The van der Waals surface area contributed by atoms with Gasteiger partial charge in [0.25, 0.3) is 0 Å². The van der Waals surface area contributed by atoms with Crippen molar-refractivity contribution in [3.8, 4) is 0 Å². The highest BCUT2D eigenvalue weighted by molar-refractivity contribution is 5.78. The molecule has 0 aromatic carbocycles. The number of nitrogens with one attached hydrogen (secondary N) is 2. The minimum Gasteiger partial charge on any atom is -0.385 e. The minimum atomic E-state index is 0.0577. The van der Waals surface area contributed by atoms with Crippen LogP contribution in [0.5, 0.6) is 0 Å². The molecule has 0 atom stereocenters. The van der Waals surface area contributed by atoms with Crippen LogP contribution in [0.1, 0.15) is 20.3 Å². The summed E-state index contributed by atoms with van der Waals surface area (Å²) in [5.41, 5.74) is 0.0577. The van der Waals surface area contributed by atoms with E-state index in [0.29, 0.717) is 19.7 Å². The van der Waals surface area contributed by atoms with Crippen LogP contribution in [0.15, 0.2) is 0 Å². The summed E-state index contributed by atoms with van der Waals surface area (Å²) in [6.45, 7) is 9.03. The SMILES string of the molecule is COCCCNC(=O)CN1CCNCC1(C)C. The fourth-order valence-corrected chi connectivity index (χ4v) is 1.99. The van der Waals surface area contributed by atoms with Crippen LogP contribution in [-0.2, 0) is 9.53 Å². The van der Waals surface area contributed by atoms with Crippen LogP contribution in [0, 0.1) is 0 Å². The number of carbonyl (C=O) groups excluding carboxylic acids is 1. The summed E-state index contributed by atoms with van der Waals surface area (Å²) in [4.78, 5) is 14.0. The second-order valence-corrected chi connectivity index (χ2v) is 5.11. The summed E-state index contributed by atoms with van der Waals surface area (Å²) in [6, 6.07) is 0. The maximum Gasteiger partial charge on any atom is 0.234 e. The van der Waals surface area contributed by atoms with Crippen LogP contribution in [0.25, 0.3) is 0 Å². The normalized spacial score (nSPS) is 20.2. The van der Waals surface area contributed by atoms with Crippen LogP contribution in [-0.4, -0.2) is 62.8 Å². The quantitative estimate of drug-likeness (QED) is 0.636. The molecule has 2 N–H and O–H groups in total. The van der Waals surface area contributed by atoms with Gasteiger partial charge >= 0.3 is 0 Å². The zero-order chi connectivity index (χ0) is 12.7. The molecule has 0 aromatic rings. The summed E-state index contributed by atoms with van der Waals surface area (Å²) < 4.78 is 4.94. The lowest BCUT2D eigenvalue weighted by Crippen LogP contribution is -2.59. The molecule has 1 heterocycles. The Kier molecular flexibility index (Phi) is 5.88. The van der Waals surface area contributed by atoms with E-state index in [9.17, 15) is 4.79 Å². The van der Waals surface area contributed by atoms with E-state index < -0.39 is 0 Å². The number of nitrogens with zero attached hydrogens (tertiary/aromatic N) is 1. The summed E-state index contributed by atoms with van der Waals surface area (Å²) in [5.74, 6) is 0.107. The van der Waals surface area contributed by atoms with Crippen molar-refractivity contribution in [3.05, 3.63) is 0 Å². The maximum absolute atomic E-state index is 11.7. The second kappa shape index (κ2) is 6.93. The molecule has 1 amide bonds. The molecule has 100 valence electrons. The largest absolute Gasteiger partial charge is 0.385 e. The Hall–Kier alpha value is -0.650. The third-order valence-electron chi connectivity index (χ3n) is 3.15. The van der Waals surface area contributed by atoms with Crippen LogP contribution in [0.4, 0.5) is 0 Å². The zero-order valence-corrected chi connectivity index (χ0v) is 11.2. The molecule has 1 fully saturated rings. The number of hydrogen-bond acceptors (Lipinski definition) is 4. The van der Waals surface area contributed by atoms with E-state index in [1.54, 1.807) is 7.11 Å². The van der Waals surface area contributed by atoms with E-state index in [4.69, 9.17) is 4.74 Å². The van der Waals surface area contributed by atoms with E-state index in [-0.39, 0.29) is 11.4 Å². The van der Waals surface area contributed by atoms with Gasteiger partial charge in [-0.25, -0.2) is 0 Å². The highest BCUT2D eigenvalue weighted by Crippen LogP contribution is 2.15. The fraction of sp³-hybridized carbons (Fsp3) is 0.917. The molecule has 17 heavy (non-hydrogen) atoms. The minimum absolute atomic E-state index is 0.0577. The van der Waals surface area contributed by atoms with Crippen LogP contribution >= 0.6 is 0 Å². The van der Waals surface area contributed by atoms with Crippen molar-refractivity contribution in [2.45, 2.75) is 25.8 Å². The molecule has 1 aliphatic rings. The van der Waals surface area contributed by atoms with Crippen molar-refractivity contribution in [2.75, 3.05) is 46.4 Å². The Morgan fingerprint density at radius 3 is 2.94 bits per heavy atom. The van der Waals surface area contributed by atoms with Gasteiger partial charge < -0.3 is 15.4 Å². The van der Waals surface area contributed by atoms with Crippen LogP contribution in [0.3, 0.4) is 0 Å². The molecule has 0 unspecified atom stereocenters. The fourth-order valence-electron chi connectivity index (χ4n) is 1.99. The van der Waals surface area contributed by atoms with E-state index in [1.807, 2.05) is 0 Å². The van der Waals surface area contributed by atoms with Gasteiger partial charge in [0, 0.05) is 45.4 Å². The van der Waals surface area contributed by atoms with Gasteiger partial charge in [0.15, 0.2) is 0 Å². The first-order valence-electron chi connectivity index (χ1n) is 6.27. The summed E-state index contributed by atoms with van der Waals surface area (Å²) >= 11 is 0. The Morgan fingerprint density at radius 2 is 2.29 bits per heavy atom. The Bertz CT molecular complexity index is 244. The Morgan fingerprint density at radius 1 is 1.53 bits per heavy atom. The number of hydrogen-bond donors (Lipinski definition) is 2. The predicted molar refractivity (Wildman–Crippen MR) is 68.0 cm³/mol. The molecule has 0 saturated carbocycles. The van der Waals surface area contributed by atoms with Gasteiger partial charge in [0.2, 0.25) is 5.91 Å². The third-order valence-corrected chi connectivity index (χ3v) is 3.15. The molecule has 1 saturated heterocycles. The smallest absolute Gasteiger partial charge is 0.234 e. The van der Waals surface area contributed by atoms with Gasteiger partial charge in [0.1, 0.15) is 0 Å². The standard InChI is InChI=1S/C12H25N3O2/c1-12(2)10-13-6-7-15(12)9-11(16)14-5-4-8-17-3/h13H,4-10H2,1-3H3,(H,14,16). The number of rotatable bonds is 6. The van der Waals surface area contributed by atoms with E-state index >= 15 is 0 Å². The molecular formula is C12H25N3O2. The molecule has 0 aromatic heterocycles. The number of piperazine rings is 1. The molecule has 5 heteroatoms. The Balaban J connectivity index is 2.24. The summed E-state index contributed by atoms with van der Waals surface area (Å²) in [5, 5.41) is 6.27. The first kappa shape index (κ1) is 14.4. The molecule has 0 aliphatic carbocycles. The Labute approximate surface area is 104 Å². The number of ether oxygens (including phenoxy) is 1. The molecule has 5 nitrogen and oxygen atoms in total. The van der Waals surface area contributed by atoms with Gasteiger partial charge in [0.05, 0.1) is 6.54 Å². The van der Waals surface area contributed by atoms with Gasteiger partial charge in [-0.2, -0.15) is 0 Å². The van der Waals surface area contributed by atoms with E-state index in [0.717, 1.165) is 26.1 Å². The number of amides is 1. The van der Waals surface area contributed by atoms with Crippen molar-refractivity contribution in [1.82, 2.24) is 15.5 Å². The molecule has 1 aliphatic heterocycles. The first-order valence-corrected chi connectivity index (χ1v) is 6.27. The number of methoxy groups -OCH3 is 1. The summed E-state index contributed by atoms with van der Waals surface area (Å²) in [6.07, 6.45) is 0.868. The molecule has 0 radical (unpaired) electrons. The average molecular weight is 243 g/mol. The maximum atomic E-state index is 11.7. The lowest BCUT2D eigenvalue weighted by atomic mass is 10.0. The second-order valence-electron chi connectivity index (χ2n) is 5.11. The summed E-state index contributed by atoms with van der Waals surface area (Å²) in [7, 11) is 1.67. The molecule has 0 bridgehead atoms. The molecular weight excluding hydrogens is 218 g/mol. The van der Waals surface area contributed by atoms with Crippen molar-refractivity contribution in [2.24, 2.45) is 0 Å². The van der Waals surface area contributed by atoms with E-state index in [1.165, 1.54) is 0 Å². The van der Waals surface area contributed by atoms with Crippen LogP contribution in [0.2, 0.25) is 0 Å². The highest BCUT2D eigenvalue weighted by atomic mass is 16.5. The average Bonchev–Trinajstić information content (AvgIpc) is 2.27. The number of carbonyl (C=O) groups is 1.